The normalized spacial score (nSPS) is 9.77. The molecule has 0 unspecified atom stereocenters. The van der Waals surface area contributed by atoms with Gasteiger partial charge in [0.05, 0.1) is 0 Å². The van der Waals surface area contributed by atoms with Crippen molar-refractivity contribution in [3.63, 3.8) is 0 Å². The molecule has 60 valence electrons. The molecule has 1 aromatic carbocycles. The van der Waals surface area contributed by atoms with Crippen molar-refractivity contribution in [2.45, 2.75) is 0 Å². The summed E-state index contributed by atoms with van der Waals surface area (Å²) in [5.74, 6) is -0.567. The topological polar surface area (TPSA) is 63.2 Å². The van der Waals surface area contributed by atoms with Gasteiger partial charge in [-0.25, -0.2) is 4.39 Å². The minimum absolute atomic E-state index is 0. The molecular weight excluding hydrogens is 216 g/mol. The first kappa shape index (κ1) is 16.7. The zero-order valence-corrected chi connectivity index (χ0v) is 12.3. The second-order valence-corrected chi connectivity index (χ2v) is 3.49. The van der Waals surface area contributed by atoms with Crippen molar-refractivity contribution in [1.29, 1.82) is 0 Å². The molecule has 0 N–H and O–H groups in total. The summed E-state index contributed by atoms with van der Waals surface area (Å²) in [7, 11) is -4.70. The van der Waals surface area contributed by atoms with Crippen LogP contribution in [0.25, 0.3) is 0 Å². The van der Waals surface area contributed by atoms with Gasteiger partial charge in [-0.15, -0.1) is 0 Å². The van der Waals surface area contributed by atoms with Crippen molar-refractivity contribution < 1.29 is 77.9 Å². The minimum atomic E-state index is -4.70. The molecule has 0 aromatic heterocycles. The first-order valence-corrected chi connectivity index (χ1v) is 4.32. The van der Waals surface area contributed by atoms with Crippen LogP contribution in [0, 0.1) is 5.82 Å². The zero-order valence-electron chi connectivity index (χ0n) is 7.36. The van der Waals surface area contributed by atoms with Gasteiger partial charge in [0.25, 0.3) is 0 Å². The van der Waals surface area contributed by atoms with Crippen molar-refractivity contribution in [2.24, 2.45) is 0 Å². The first-order valence-electron chi connectivity index (χ1n) is 2.78. The molecular formula is C6H4FNa2O3P. The second-order valence-electron chi connectivity index (χ2n) is 1.97. The maximum absolute atomic E-state index is 12.2. The molecule has 0 heterocycles. The van der Waals surface area contributed by atoms with Crippen molar-refractivity contribution >= 4 is 12.9 Å². The number of hydrogen-bond donors (Lipinski definition) is 0. The van der Waals surface area contributed by atoms with Crippen LogP contribution in [0.3, 0.4) is 0 Å². The molecule has 0 saturated carbocycles. The maximum Gasteiger partial charge on any atom is 1.00 e. The van der Waals surface area contributed by atoms with Gasteiger partial charge in [-0.05, 0) is 25.0 Å². The Morgan fingerprint density at radius 1 is 1.08 bits per heavy atom. The van der Waals surface area contributed by atoms with Crippen LogP contribution in [0.2, 0.25) is 0 Å². The molecule has 3 nitrogen and oxygen atoms in total. The first-order chi connectivity index (χ1) is 5.00. The van der Waals surface area contributed by atoms with Gasteiger partial charge in [0.1, 0.15) is 5.82 Å². The van der Waals surface area contributed by atoms with Crippen molar-refractivity contribution in [3.8, 4) is 0 Å². The predicted octanol–water partition coefficient (Wildman–Crippen LogP) is -6.63. The van der Waals surface area contributed by atoms with Gasteiger partial charge in [-0.3, -0.25) is 0 Å². The molecule has 0 aliphatic rings. The third kappa shape index (κ3) is 5.67. The second kappa shape index (κ2) is 6.72. The van der Waals surface area contributed by atoms with E-state index in [0.717, 1.165) is 24.3 Å². The summed E-state index contributed by atoms with van der Waals surface area (Å²) in [6.45, 7) is 0. The van der Waals surface area contributed by atoms with E-state index in [9.17, 15) is 18.7 Å². The van der Waals surface area contributed by atoms with Crippen molar-refractivity contribution in [2.75, 3.05) is 0 Å². The van der Waals surface area contributed by atoms with E-state index >= 15 is 0 Å². The Morgan fingerprint density at radius 3 is 1.77 bits per heavy atom. The summed E-state index contributed by atoms with van der Waals surface area (Å²) in [5.41, 5.74) is 0. The van der Waals surface area contributed by atoms with Crippen LogP contribution >= 0.6 is 7.60 Å². The molecule has 0 spiro atoms. The van der Waals surface area contributed by atoms with Crippen LogP contribution in [0.1, 0.15) is 0 Å². The Bertz CT molecular complexity index is 297. The minimum Gasteiger partial charge on any atom is -0.807 e. The smallest absolute Gasteiger partial charge is 0.807 e. The summed E-state index contributed by atoms with van der Waals surface area (Å²) in [4.78, 5) is 20.6. The molecule has 0 aliphatic carbocycles. The number of benzene rings is 1. The van der Waals surface area contributed by atoms with Crippen LogP contribution in [0.4, 0.5) is 4.39 Å². The SMILES string of the molecule is O=P([O-])([O-])c1ccc(F)cc1.[Na+].[Na+]. The molecule has 0 aliphatic heterocycles. The number of hydrogen-bond acceptors (Lipinski definition) is 3. The van der Waals surface area contributed by atoms with Crippen LogP contribution in [0.15, 0.2) is 24.3 Å². The average Bonchev–Trinajstić information content (AvgIpc) is 1.86. The molecule has 13 heavy (non-hydrogen) atoms. The number of halogens is 1. The van der Waals surface area contributed by atoms with Gasteiger partial charge in [0, 0.05) is 0 Å². The zero-order chi connectivity index (χ0) is 8.48. The Morgan fingerprint density at radius 2 is 1.46 bits per heavy atom. The molecule has 0 atom stereocenters. The van der Waals surface area contributed by atoms with E-state index in [1.807, 2.05) is 0 Å². The Labute approximate surface area is 119 Å². The fourth-order valence-electron chi connectivity index (χ4n) is 0.624. The summed E-state index contributed by atoms with van der Waals surface area (Å²) in [6, 6.07) is 3.74. The monoisotopic (exact) mass is 220 g/mol. The van der Waals surface area contributed by atoms with Crippen LogP contribution < -0.4 is 74.2 Å². The van der Waals surface area contributed by atoms with Gasteiger partial charge in [0.15, 0.2) is 0 Å². The molecule has 0 fully saturated rings. The number of rotatable bonds is 1. The quantitative estimate of drug-likeness (QED) is 0.349. The third-order valence-corrected chi connectivity index (χ3v) is 2.07. The molecule has 1 aromatic rings. The van der Waals surface area contributed by atoms with E-state index in [1.165, 1.54) is 0 Å². The largest absolute Gasteiger partial charge is 1.00 e. The van der Waals surface area contributed by atoms with Gasteiger partial charge in [-0.1, -0.05) is 12.1 Å². The van der Waals surface area contributed by atoms with Crippen LogP contribution in [-0.4, -0.2) is 0 Å². The molecule has 0 saturated heterocycles. The standard InChI is InChI=1S/C6H6FO3P.2Na/c7-5-1-3-6(4-2-5)11(8,9)10;;/h1-4H,(H2,8,9,10);;/q;2*+1/p-2. The van der Waals surface area contributed by atoms with Crippen molar-refractivity contribution in [3.05, 3.63) is 30.1 Å². The maximum atomic E-state index is 12.2. The fraction of sp³-hybridized carbons (Fsp3) is 0. The van der Waals surface area contributed by atoms with Gasteiger partial charge < -0.3 is 14.4 Å². The van der Waals surface area contributed by atoms with E-state index in [4.69, 9.17) is 0 Å². The average molecular weight is 220 g/mol. The van der Waals surface area contributed by atoms with Gasteiger partial charge in [-0.2, -0.15) is 0 Å². The van der Waals surface area contributed by atoms with E-state index in [0.29, 0.717) is 0 Å². The molecule has 0 amide bonds. The molecule has 7 heteroatoms. The van der Waals surface area contributed by atoms with E-state index < -0.39 is 13.4 Å². The summed E-state index contributed by atoms with van der Waals surface area (Å²) in [5, 5.41) is -0.390. The van der Waals surface area contributed by atoms with Gasteiger partial charge in [0.2, 0.25) is 0 Å². The van der Waals surface area contributed by atoms with Gasteiger partial charge >= 0.3 is 59.1 Å². The van der Waals surface area contributed by atoms with Crippen LogP contribution in [0.5, 0.6) is 0 Å². The predicted molar refractivity (Wildman–Crippen MR) is 33.6 cm³/mol. The molecule has 0 bridgehead atoms. The Kier molecular flexibility index (Phi) is 8.65. The van der Waals surface area contributed by atoms with E-state index in [2.05, 4.69) is 0 Å². The third-order valence-electron chi connectivity index (χ3n) is 1.14. The fourth-order valence-corrected chi connectivity index (χ4v) is 1.14. The summed E-state index contributed by atoms with van der Waals surface area (Å²) in [6.07, 6.45) is 0. The van der Waals surface area contributed by atoms with E-state index in [1.54, 1.807) is 0 Å². The van der Waals surface area contributed by atoms with E-state index in [-0.39, 0.29) is 64.4 Å². The van der Waals surface area contributed by atoms with Crippen molar-refractivity contribution in [1.82, 2.24) is 0 Å². The summed E-state index contributed by atoms with van der Waals surface area (Å²) < 4.78 is 22.5. The van der Waals surface area contributed by atoms with Crippen LogP contribution in [-0.2, 0) is 4.57 Å². The molecule has 0 radical (unpaired) electrons. The molecule has 1 rings (SSSR count). The Hall–Kier alpha value is 1.30. The Balaban J connectivity index is 0. The summed E-state index contributed by atoms with van der Waals surface area (Å²) >= 11 is 0.